The molecule has 0 atom stereocenters. The molecule has 0 radical (unpaired) electrons. The van der Waals surface area contributed by atoms with Crippen LogP contribution in [0, 0.1) is 20.8 Å². The molecule has 0 fully saturated rings. The molecule has 10 nitrogen and oxygen atoms in total. The number of aryl methyl sites for hydroxylation is 3. The van der Waals surface area contributed by atoms with Gasteiger partial charge in [-0.05, 0) is 75.4 Å². The van der Waals surface area contributed by atoms with E-state index in [4.69, 9.17) is 4.98 Å². The zero-order chi connectivity index (χ0) is 26.1. The van der Waals surface area contributed by atoms with Crippen LogP contribution in [0.1, 0.15) is 17.1 Å². The fourth-order valence-electron chi connectivity index (χ4n) is 4.18. The minimum atomic E-state index is 0.499. The quantitative estimate of drug-likeness (QED) is 0.318. The number of nitrogens with one attached hydrogen (secondary N) is 2. The molecule has 5 heterocycles. The molecule has 0 saturated carbocycles. The maximum Gasteiger partial charge on any atom is 0.227 e. The summed E-state index contributed by atoms with van der Waals surface area (Å²) in [4.78, 5) is 22.4. The Bertz CT molecular complexity index is 1700. The normalized spacial score (nSPS) is 11.0. The van der Waals surface area contributed by atoms with Gasteiger partial charge in [-0.1, -0.05) is 0 Å². The largest absolute Gasteiger partial charge is 0.324 e. The first-order valence-corrected chi connectivity index (χ1v) is 12.1. The highest BCUT2D eigenvalue weighted by Crippen LogP contribution is 2.27. The Morgan fingerprint density at radius 3 is 2.39 bits per heavy atom. The van der Waals surface area contributed by atoms with E-state index in [1.165, 1.54) is 0 Å². The van der Waals surface area contributed by atoms with Crippen molar-refractivity contribution in [3.8, 4) is 39.6 Å². The molecule has 6 aromatic rings. The number of aromatic amines is 1. The van der Waals surface area contributed by atoms with Gasteiger partial charge in [-0.3, -0.25) is 15.1 Å². The van der Waals surface area contributed by atoms with E-state index in [0.717, 1.165) is 56.5 Å². The number of nitrogens with zero attached hydrogens (tertiary/aromatic N) is 8. The number of H-pyrrole nitrogens is 1. The molecule has 6 rings (SSSR count). The average Bonchev–Trinajstić information content (AvgIpc) is 3.56. The number of hydrogen-bond acceptors (Lipinski definition) is 8. The van der Waals surface area contributed by atoms with Gasteiger partial charge in [0.05, 0.1) is 22.8 Å². The van der Waals surface area contributed by atoms with Crippen LogP contribution < -0.4 is 5.32 Å². The summed E-state index contributed by atoms with van der Waals surface area (Å²) in [5.74, 6) is 1.13. The molecule has 0 saturated heterocycles. The van der Waals surface area contributed by atoms with E-state index in [-0.39, 0.29) is 0 Å². The van der Waals surface area contributed by atoms with Crippen molar-refractivity contribution >= 4 is 11.6 Å². The van der Waals surface area contributed by atoms with E-state index in [1.807, 2.05) is 75.4 Å². The van der Waals surface area contributed by atoms with Gasteiger partial charge < -0.3 is 5.32 Å². The van der Waals surface area contributed by atoms with Crippen molar-refractivity contribution in [2.45, 2.75) is 20.8 Å². The molecular weight excluding hydrogens is 476 g/mol. The molecule has 5 aromatic heterocycles. The summed E-state index contributed by atoms with van der Waals surface area (Å²) in [5, 5.41) is 15.2. The monoisotopic (exact) mass is 500 g/mol. The molecule has 0 aliphatic rings. The van der Waals surface area contributed by atoms with Gasteiger partial charge in [0.15, 0.2) is 5.82 Å². The lowest BCUT2D eigenvalue weighted by Crippen LogP contribution is -1.99. The lowest BCUT2D eigenvalue weighted by atomic mass is 10.1. The van der Waals surface area contributed by atoms with Crippen LogP contribution in [-0.4, -0.2) is 44.9 Å². The summed E-state index contributed by atoms with van der Waals surface area (Å²) in [5.41, 5.74) is 9.07. The van der Waals surface area contributed by atoms with Gasteiger partial charge in [-0.25, -0.2) is 19.6 Å². The van der Waals surface area contributed by atoms with Crippen LogP contribution in [-0.2, 0) is 0 Å². The molecule has 0 unspecified atom stereocenters. The van der Waals surface area contributed by atoms with Crippen LogP contribution in [0.15, 0.2) is 79.5 Å². The minimum Gasteiger partial charge on any atom is -0.324 e. The van der Waals surface area contributed by atoms with Crippen LogP contribution >= 0.6 is 0 Å². The Kier molecular flexibility index (Phi) is 5.89. The van der Waals surface area contributed by atoms with E-state index in [1.54, 1.807) is 29.6 Å². The van der Waals surface area contributed by atoms with Crippen molar-refractivity contribution in [3.05, 3.63) is 96.6 Å². The fourth-order valence-corrected chi connectivity index (χ4v) is 4.18. The third-order valence-electron chi connectivity index (χ3n) is 6.14. The second-order valence-corrected chi connectivity index (χ2v) is 8.88. The molecule has 1 aromatic carbocycles. The van der Waals surface area contributed by atoms with E-state index in [9.17, 15) is 0 Å². The Morgan fingerprint density at radius 2 is 1.63 bits per heavy atom. The van der Waals surface area contributed by atoms with Gasteiger partial charge in [0.2, 0.25) is 5.95 Å². The number of pyridine rings is 2. The number of hydrogen-bond donors (Lipinski definition) is 2. The first-order chi connectivity index (χ1) is 18.5. The average molecular weight is 501 g/mol. The lowest BCUT2D eigenvalue weighted by molar-refractivity contribution is 0.882. The van der Waals surface area contributed by atoms with Gasteiger partial charge >= 0.3 is 0 Å². The predicted molar refractivity (Wildman–Crippen MR) is 145 cm³/mol. The molecule has 0 amide bonds. The van der Waals surface area contributed by atoms with Crippen LogP contribution in [0.3, 0.4) is 0 Å². The summed E-state index contributed by atoms with van der Waals surface area (Å²) in [6, 6.07) is 17.6. The number of anilines is 2. The summed E-state index contributed by atoms with van der Waals surface area (Å²) < 4.78 is 1.74. The second kappa shape index (κ2) is 9.66. The van der Waals surface area contributed by atoms with Crippen LogP contribution in [0.5, 0.6) is 0 Å². The maximum atomic E-state index is 4.72. The highest BCUT2D eigenvalue weighted by Gasteiger charge is 2.12. The Hall–Kier alpha value is -5.25. The third-order valence-corrected chi connectivity index (χ3v) is 6.14. The molecule has 0 aliphatic heterocycles. The Labute approximate surface area is 218 Å². The molecule has 10 heteroatoms. The summed E-state index contributed by atoms with van der Waals surface area (Å²) in [6.45, 7) is 5.91. The minimum absolute atomic E-state index is 0.499. The Morgan fingerprint density at radius 1 is 0.789 bits per heavy atom. The molecular formula is C28H24N10. The SMILES string of the molecule is Cc1ccc(-c2ncn(-c3ccc(Nc4nccc(-c5ccnc(-c6c(C)n[nH]c6C)c5)n4)cc3)n2)cn1. The van der Waals surface area contributed by atoms with Gasteiger partial charge in [0, 0.05) is 52.4 Å². The first kappa shape index (κ1) is 23.2. The maximum absolute atomic E-state index is 4.72. The highest BCUT2D eigenvalue weighted by atomic mass is 15.3. The predicted octanol–water partition coefficient (Wildman–Crippen LogP) is 5.24. The zero-order valence-electron chi connectivity index (χ0n) is 21.1. The van der Waals surface area contributed by atoms with Gasteiger partial charge in [-0.15, -0.1) is 5.10 Å². The third kappa shape index (κ3) is 4.62. The van der Waals surface area contributed by atoms with Crippen LogP contribution in [0.2, 0.25) is 0 Å². The Balaban J connectivity index is 1.20. The number of aromatic nitrogens is 9. The molecule has 186 valence electrons. The zero-order valence-corrected chi connectivity index (χ0v) is 21.1. The van der Waals surface area contributed by atoms with Crippen molar-refractivity contribution in [2.24, 2.45) is 0 Å². The number of rotatable bonds is 6. The first-order valence-electron chi connectivity index (χ1n) is 12.1. The molecule has 0 aliphatic carbocycles. The summed E-state index contributed by atoms with van der Waals surface area (Å²) in [7, 11) is 0. The van der Waals surface area contributed by atoms with Crippen LogP contribution in [0.4, 0.5) is 11.6 Å². The topological polar surface area (TPSA) is 123 Å². The van der Waals surface area contributed by atoms with Crippen molar-refractivity contribution < 1.29 is 0 Å². The molecule has 38 heavy (non-hydrogen) atoms. The fraction of sp³-hybridized carbons (Fsp3) is 0.107. The van der Waals surface area contributed by atoms with E-state index >= 15 is 0 Å². The van der Waals surface area contributed by atoms with E-state index < -0.39 is 0 Å². The van der Waals surface area contributed by atoms with Crippen molar-refractivity contribution in [2.75, 3.05) is 5.32 Å². The molecule has 0 spiro atoms. The summed E-state index contributed by atoms with van der Waals surface area (Å²) >= 11 is 0. The summed E-state index contributed by atoms with van der Waals surface area (Å²) in [6.07, 6.45) is 7.00. The van der Waals surface area contributed by atoms with Crippen molar-refractivity contribution in [1.29, 1.82) is 0 Å². The smallest absolute Gasteiger partial charge is 0.227 e. The van der Waals surface area contributed by atoms with Gasteiger partial charge in [0.1, 0.15) is 6.33 Å². The van der Waals surface area contributed by atoms with Crippen molar-refractivity contribution in [1.82, 2.24) is 44.9 Å². The lowest BCUT2D eigenvalue weighted by Gasteiger charge is -2.09. The molecule has 0 bridgehead atoms. The van der Waals surface area contributed by atoms with Gasteiger partial charge in [0.25, 0.3) is 0 Å². The van der Waals surface area contributed by atoms with E-state index in [0.29, 0.717) is 11.8 Å². The highest BCUT2D eigenvalue weighted by molar-refractivity contribution is 5.71. The van der Waals surface area contributed by atoms with E-state index in [2.05, 4.69) is 40.5 Å². The van der Waals surface area contributed by atoms with Crippen molar-refractivity contribution in [3.63, 3.8) is 0 Å². The number of benzene rings is 1. The molecule has 2 N–H and O–H groups in total. The van der Waals surface area contributed by atoms with Crippen LogP contribution in [0.25, 0.3) is 39.6 Å². The second-order valence-electron chi connectivity index (χ2n) is 8.88. The standard InChI is InChI=1S/C28H24N10/c1-17-4-5-21(15-31-17)27-32-16-38(37-27)23-8-6-22(7-9-23)33-28-30-13-11-24(34-28)20-10-12-29-25(14-20)26-18(2)35-36-19(26)3/h4-16H,1-3H3,(H,35,36)(H,30,33,34). The van der Waals surface area contributed by atoms with Gasteiger partial charge in [-0.2, -0.15) is 5.10 Å².